The summed E-state index contributed by atoms with van der Waals surface area (Å²) in [4.78, 5) is 14.1. The normalized spacial score (nSPS) is 29.5. The van der Waals surface area contributed by atoms with Crippen molar-refractivity contribution in [1.29, 1.82) is 0 Å². The molecular weight excluding hydrogens is 310 g/mol. The third-order valence-electron chi connectivity index (χ3n) is 5.57. The van der Waals surface area contributed by atoms with Gasteiger partial charge in [-0.3, -0.25) is 0 Å². The van der Waals surface area contributed by atoms with Crippen LogP contribution in [0.5, 0.6) is 0 Å². The van der Waals surface area contributed by atoms with Crippen LogP contribution >= 0.6 is 11.3 Å². The highest BCUT2D eigenvalue weighted by molar-refractivity contribution is 7.12. The molecule has 0 radical (unpaired) electrons. The van der Waals surface area contributed by atoms with Crippen molar-refractivity contribution in [1.82, 2.24) is 5.32 Å². The molecule has 2 atom stereocenters. The second-order valence-electron chi connectivity index (χ2n) is 7.97. The summed E-state index contributed by atoms with van der Waals surface area (Å²) in [5, 5.41) is 24.0. The van der Waals surface area contributed by atoms with Gasteiger partial charge in [0.25, 0.3) is 0 Å². The molecule has 0 saturated heterocycles. The van der Waals surface area contributed by atoms with Crippen LogP contribution in [0.2, 0.25) is 0 Å². The Labute approximate surface area is 141 Å². The van der Waals surface area contributed by atoms with Gasteiger partial charge in [-0.25, -0.2) is 4.79 Å². The fraction of sp³-hybridized carbons (Fsp3) is 0.722. The van der Waals surface area contributed by atoms with Crippen molar-refractivity contribution in [3.63, 3.8) is 0 Å². The van der Waals surface area contributed by atoms with Crippen LogP contribution in [0.4, 0.5) is 0 Å². The SMILES string of the molecule is CNC[C@@]1(O)CCC[C@H]1c1sc2c(c1C(=O)O)CC(C)(C)CC2. The summed E-state index contributed by atoms with van der Waals surface area (Å²) in [6.07, 6.45) is 5.47. The van der Waals surface area contributed by atoms with Crippen LogP contribution in [-0.4, -0.2) is 35.4 Å². The summed E-state index contributed by atoms with van der Waals surface area (Å²) in [7, 11) is 1.84. The van der Waals surface area contributed by atoms with E-state index in [4.69, 9.17) is 0 Å². The van der Waals surface area contributed by atoms with Gasteiger partial charge >= 0.3 is 5.97 Å². The molecule has 0 unspecified atom stereocenters. The molecule has 0 aliphatic heterocycles. The smallest absolute Gasteiger partial charge is 0.337 e. The van der Waals surface area contributed by atoms with Crippen LogP contribution in [0.15, 0.2) is 0 Å². The van der Waals surface area contributed by atoms with Gasteiger partial charge in [-0.15, -0.1) is 11.3 Å². The van der Waals surface area contributed by atoms with Crippen LogP contribution < -0.4 is 5.32 Å². The topological polar surface area (TPSA) is 69.6 Å². The van der Waals surface area contributed by atoms with Crippen molar-refractivity contribution in [2.45, 2.75) is 63.9 Å². The monoisotopic (exact) mass is 337 g/mol. The first-order chi connectivity index (χ1) is 10.8. The van der Waals surface area contributed by atoms with Gasteiger partial charge in [-0.05, 0) is 56.6 Å². The van der Waals surface area contributed by atoms with E-state index in [-0.39, 0.29) is 11.3 Å². The maximum absolute atomic E-state index is 12.0. The number of carboxylic acids is 1. The van der Waals surface area contributed by atoms with E-state index in [2.05, 4.69) is 19.2 Å². The molecule has 3 rings (SSSR count). The van der Waals surface area contributed by atoms with Gasteiger partial charge in [0.1, 0.15) is 0 Å². The number of likely N-dealkylation sites (N-methyl/N-ethyl adjacent to an activating group) is 1. The quantitative estimate of drug-likeness (QED) is 0.789. The molecule has 1 aromatic rings. The highest BCUT2D eigenvalue weighted by Gasteiger charge is 2.45. The number of aromatic carboxylic acids is 1. The van der Waals surface area contributed by atoms with Crippen LogP contribution in [0.25, 0.3) is 0 Å². The second kappa shape index (κ2) is 5.87. The summed E-state index contributed by atoms with van der Waals surface area (Å²) < 4.78 is 0. The lowest BCUT2D eigenvalue weighted by atomic mass is 9.75. The predicted molar refractivity (Wildman–Crippen MR) is 92.6 cm³/mol. The highest BCUT2D eigenvalue weighted by Crippen LogP contribution is 2.50. The number of thiophene rings is 1. The molecule has 0 amide bonds. The van der Waals surface area contributed by atoms with E-state index in [1.54, 1.807) is 11.3 Å². The van der Waals surface area contributed by atoms with Gasteiger partial charge in [-0.2, -0.15) is 0 Å². The molecular formula is C18H27NO3S. The minimum Gasteiger partial charge on any atom is -0.478 e. The average molecular weight is 337 g/mol. The van der Waals surface area contributed by atoms with E-state index in [9.17, 15) is 15.0 Å². The zero-order valence-corrected chi connectivity index (χ0v) is 15.1. The first-order valence-corrected chi connectivity index (χ1v) is 9.34. The summed E-state index contributed by atoms with van der Waals surface area (Å²) in [6, 6.07) is 0. The summed E-state index contributed by atoms with van der Waals surface area (Å²) in [5.41, 5.74) is 0.876. The molecule has 2 aliphatic carbocycles. The first-order valence-electron chi connectivity index (χ1n) is 8.52. The Morgan fingerprint density at radius 1 is 1.39 bits per heavy atom. The number of aryl methyl sites for hydroxylation is 1. The Morgan fingerprint density at radius 2 is 2.13 bits per heavy atom. The molecule has 0 bridgehead atoms. The van der Waals surface area contributed by atoms with E-state index in [1.165, 1.54) is 4.88 Å². The number of hydrogen-bond donors (Lipinski definition) is 3. The van der Waals surface area contributed by atoms with Crippen molar-refractivity contribution >= 4 is 17.3 Å². The lowest BCUT2D eigenvalue weighted by Crippen LogP contribution is -2.41. The van der Waals surface area contributed by atoms with Crippen LogP contribution in [0.1, 0.15) is 71.1 Å². The van der Waals surface area contributed by atoms with E-state index < -0.39 is 11.6 Å². The molecule has 0 spiro atoms. The van der Waals surface area contributed by atoms with Crippen molar-refractivity contribution in [2.24, 2.45) is 5.41 Å². The molecule has 1 fully saturated rings. The average Bonchev–Trinajstić information content (AvgIpc) is 2.98. The van der Waals surface area contributed by atoms with Crippen molar-refractivity contribution in [3.05, 3.63) is 20.9 Å². The zero-order chi connectivity index (χ0) is 16.8. The molecule has 1 heterocycles. The van der Waals surface area contributed by atoms with Gasteiger partial charge in [-0.1, -0.05) is 13.8 Å². The van der Waals surface area contributed by atoms with E-state index in [0.29, 0.717) is 12.1 Å². The van der Waals surface area contributed by atoms with E-state index >= 15 is 0 Å². The van der Waals surface area contributed by atoms with Gasteiger partial charge in [0, 0.05) is 22.2 Å². The molecule has 0 aromatic carbocycles. The molecule has 128 valence electrons. The lowest BCUT2D eigenvalue weighted by Gasteiger charge is -2.30. The Balaban J connectivity index is 2.07. The Hall–Kier alpha value is -0.910. The third-order valence-corrected chi connectivity index (χ3v) is 6.97. The summed E-state index contributed by atoms with van der Waals surface area (Å²) in [5.74, 6) is -0.881. The number of carbonyl (C=O) groups is 1. The zero-order valence-electron chi connectivity index (χ0n) is 14.2. The van der Waals surface area contributed by atoms with E-state index in [1.807, 2.05) is 7.05 Å². The largest absolute Gasteiger partial charge is 0.478 e. The number of carboxylic acid groups (broad SMARTS) is 1. The Bertz CT molecular complexity index is 622. The van der Waals surface area contributed by atoms with Crippen molar-refractivity contribution in [3.8, 4) is 0 Å². The fourth-order valence-corrected chi connectivity index (χ4v) is 5.93. The van der Waals surface area contributed by atoms with Crippen molar-refractivity contribution < 1.29 is 15.0 Å². The maximum Gasteiger partial charge on any atom is 0.337 e. The van der Waals surface area contributed by atoms with Crippen LogP contribution in [0.3, 0.4) is 0 Å². The molecule has 4 nitrogen and oxygen atoms in total. The molecule has 3 N–H and O–H groups in total. The lowest BCUT2D eigenvalue weighted by molar-refractivity contribution is 0.0326. The van der Waals surface area contributed by atoms with Crippen LogP contribution in [-0.2, 0) is 12.8 Å². The minimum atomic E-state index is -0.825. The molecule has 5 heteroatoms. The summed E-state index contributed by atoms with van der Waals surface area (Å²) in [6.45, 7) is 4.95. The maximum atomic E-state index is 12.0. The number of fused-ring (bicyclic) bond motifs is 1. The van der Waals surface area contributed by atoms with Crippen molar-refractivity contribution in [2.75, 3.05) is 13.6 Å². The Kier molecular flexibility index (Phi) is 4.32. The Morgan fingerprint density at radius 3 is 2.78 bits per heavy atom. The van der Waals surface area contributed by atoms with Gasteiger partial charge < -0.3 is 15.5 Å². The van der Waals surface area contributed by atoms with Gasteiger partial charge in [0.2, 0.25) is 0 Å². The first kappa shape index (κ1) is 16.9. The number of rotatable bonds is 4. The van der Waals surface area contributed by atoms with Crippen LogP contribution in [0, 0.1) is 5.41 Å². The fourth-order valence-electron chi connectivity index (χ4n) is 4.37. The molecule has 1 saturated carbocycles. The third kappa shape index (κ3) is 2.94. The molecule has 1 aromatic heterocycles. The highest BCUT2D eigenvalue weighted by atomic mass is 32.1. The number of aliphatic hydroxyl groups is 1. The molecule has 2 aliphatic rings. The predicted octanol–water partition coefficient (Wildman–Crippen LogP) is 3.18. The summed E-state index contributed by atoms with van der Waals surface area (Å²) >= 11 is 1.65. The number of hydrogen-bond acceptors (Lipinski definition) is 4. The van der Waals surface area contributed by atoms with Gasteiger partial charge in [0.15, 0.2) is 0 Å². The second-order valence-corrected chi connectivity index (χ2v) is 9.10. The van der Waals surface area contributed by atoms with E-state index in [0.717, 1.165) is 49.0 Å². The van der Waals surface area contributed by atoms with Gasteiger partial charge in [0.05, 0.1) is 11.2 Å². The standard InChI is InChI=1S/C18H27NO3S/c1-17(2)8-6-13-11(9-17)14(16(20)21)15(23-13)12-5-4-7-18(12,22)10-19-3/h12,19,22H,4-10H2,1-3H3,(H,20,21)/t12-,18-/m0/s1. The molecule has 23 heavy (non-hydrogen) atoms. The minimum absolute atomic E-state index is 0.0558. The number of nitrogens with one attached hydrogen (secondary N) is 1.